The van der Waals surface area contributed by atoms with Gasteiger partial charge in [0.05, 0.1) is 23.9 Å². The Hall–Kier alpha value is -9.20. The molecule has 38 heteroatoms. The molecule has 0 aromatic carbocycles. The van der Waals surface area contributed by atoms with Crippen molar-refractivity contribution >= 4 is 112 Å². The van der Waals surface area contributed by atoms with Gasteiger partial charge in [0.1, 0.15) is 48.3 Å². The Morgan fingerprint density at radius 1 is 0.606 bits per heavy atom. The summed E-state index contributed by atoms with van der Waals surface area (Å²) in [7, 11) is 0. The number of carbonyl (C=O) groups is 14. The fraction of sp³-hybridized carbons (Fsp3) is 0.661. The molecule has 23 N–H and O–H groups in total. The largest absolute Gasteiger partial charge is 0.480 e. The van der Waals surface area contributed by atoms with Crippen LogP contribution in [0.5, 0.6) is 0 Å². The number of nitrogens with two attached hydrogens (primary N) is 7. The number of β-amino-alcohol motifs (C(OH)–C–C–N with tert-alkyl or cyclic N) is 1. The number of aliphatic imine (C=N–C) groups is 3. The lowest BCUT2D eigenvalue weighted by Gasteiger charge is -2.33. The maximum Gasteiger partial charge on any atom is 0.326 e. The lowest BCUT2D eigenvalue weighted by atomic mass is 10.1. The number of carboxylic acids is 1. The minimum atomic E-state index is -1.56. The van der Waals surface area contributed by atoms with Gasteiger partial charge in [0.2, 0.25) is 65.0 Å². The molecule has 0 aromatic heterocycles. The minimum Gasteiger partial charge on any atom is -0.480 e. The van der Waals surface area contributed by atoms with Crippen LogP contribution in [-0.2, 0) is 67.1 Å². The lowest BCUT2D eigenvalue weighted by molar-refractivity contribution is -0.148. The number of guanidine groups is 3. The number of carbonyl (C=O) groups excluding carboxylic acids is 13. The van der Waals surface area contributed by atoms with Crippen LogP contribution in [0, 0.1) is 0 Å². The maximum atomic E-state index is 14.3. The number of amides is 13. The number of carboxylic acid groups (broad SMARTS) is 1. The van der Waals surface area contributed by atoms with E-state index in [1.807, 2.05) is 0 Å². The Morgan fingerprint density at radius 2 is 1.11 bits per heavy atom. The number of imide groups is 2. The number of rotatable bonds is 39. The van der Waals surface area contributed by atoms with Crippen LogP contribution in [0.4, 0.5) is 0 Å². The van der Waals surface area contributed by atoms with Gasteiger partial charge in [-0.25, -0.2) is 4.79 Å². The van der Waals surface area contributed by atoms with Gasteiger partial charge in [0.15, 0.2) is 17.9 Å². The van der Waals surface area contributed by atoms with Crippen molar-refractivity contribution in [3.63, 3.8) is 0 Å². The van der Waals surface area contributed by atoms with Gasteiger partial charge in [0, 0.05) is 76.6 Å². The molecule has 11 atom stereocenters. The number of nitrogens with zero attached hydrogens (tertiary/aromatic N) is 7. The van der Waals surface area contributed by atoms with Crippen LogP contribution in [0.3, 0.4) is 0 Å². The summed E-state index contributed by atoms with van der Waals surface area (Å²) in [5, 5.41) is 36.6. The summed E-state index contributed by atoms with van der Waals surface area (Å²) in [6.45, 7) is 3.46. The van der Waals surface area contributed by atoms with Crippen LogP contribution in [-0.4, -0.2) is 254 Å². The van der Waals surface area contributed by atoms with Crippen molar-refractivity contribution in [1.82, 2.24) is 56.8 Å². The number of thioether (sulfide) groups is 1. The van der Waals surface area contributed by atoms with Crippen molar-refractivity contribution in [2.75, 3.05) is 58.1 Å². The van der Waals surface area contributed by atoms with E-state index < -0.39 is 155 Å². The van der Waals surface area contributed by atoms with E-state index in [1.165, 1.54) is 37.8 Å². The Bertz CT molecular complexity index is 2890. The van der Waals surface area contributed by atoms with E-state index in [2.05, 4.69) is 52.2 Å². The minimum absolute atomic E-state index is 0.0475. The fourth-order valence-corrected chi connectivity index (χ4v) is 11.6. The zero-order chi connectivity index (χ0) is 69.9. The number of aliphatic hydroxyl groups excluding tert-OH is 1. The molecular formula is C56H91N21O16S. The highest BCUT2D eigenvalue weighted by Gasteiger charge is 2.46. The van der Waals surface area contributed by atoms with E-state index in [9.17, 15) is 77.3 Å². The molecule has 94 heavy (non-hydrogen) atoms. The molecule has 3 fully saturated rings. The van der Waals surface area contributed by atoms with Gasteiger partial charge >= 0.3 is 5.97 Å². The quantitative estimate of drug-likeness (QED) is 0.0118. The normalized spacial score (nSPS) is 19.8. The first-order valence-electron chi connectivity index (χ1n) is 30.9. The predicted octanol–water partition coefficient (Wildman–Crippen LogP) is -8.06. The summed E-state index contributed by atoms with van der Waals surface area (Å²) in [6.07, 6.45) is 4.20. The lowest BCUT2D eigenvalue weighted by Crippen LogP contribution is -2.58. The van der Waals surface area contributed by atoms with Crippen LogP contribution in [0.15, 0.2) is 27.1 Å². The van der Waals surface area contributed by atoms with Gasteiger partial charge in [-0.2, -0.15) is 0 Å². The van der Waals surface area contributed by atoms with E-state index in [0.29, 0.717) is 38.5 Å². The molecule has 4 heterocycles. The third-order valence-electron chi connectivity index (χ3n) is 15.5. The van der Waals surface area contributed by atoms with Crippen LogP contribution in [0.25, 0.3) is 0 Å². The van der Waals surface area contributed by atoms with Crippen LogP contribution < -0.4 is 77.4 Å². The molecule has 4 aliphatic heterocycles. The molecular weight excluding hydrogens is 1250 g/mol. The maximum absolute atomic E-state index is 14.3. The molecule has 0 bridgehead atoms. The van der Waals surface area contributed by atoms with E-state index in [0.717, 1.165) is 26.5 Å². The topological polar surface area (TPSA) is 596 Å². The molecule has 522 valence electrons. The van der Waals surface area contributed by atoms with E-state index in [-0.39, 0.29) is 121 Å². The second-order valence-corrected chi connectivity index (χ2v) is 24.2. The Kier molecular flexibility index (Phi) is 31.3. The number of hydrogen-bond acceptors (Lipinski definition) is 20. The smallest absolute Gasteiger partial charge is 0.326 e. The zero-order valence-electron chi connectivity index (χ0n) is 53.0. The van der Waals surface area contributed by atoms with Crippen molar-refractivity contribution < 1.29 is 77.3 Å². The molecule has 0 radical (unpaired) electrons. The third kappa shape index (κ3) is 24.7. The molecule has 0 spiro atoms. The van der Waals surface area contributed by atoms with E-state index in [4.69, 9.17) is 40.1 Å². The van der Waals surface area contributed by atoms with Crippen LogP contribution in [0.2, 0.25) is 0 Å². The number of likely N-dealkylation sites (tertiary alicyclic amines) is 3. The van der Waals surface area contributed by atoms with Gasteiger partial charge < -0.3 is 97.4 Å². The zero-order valence-corrected chi connectivity index (χ0v) is 53.8. The number of aliphatic hydroxyl groups is 1. The standard InChI is InChI=1S/C56H91N21O16S/c1-29(68-40(79)26-67-49(88)38-24-32(78)27-77(38)51(90)37-15-11-23-74(37)50(89)34(13-9-19-65-55(60)61)71-47(86)33(57)12-8-18-64-54(58)59)45(84)73-36(28-94-39-25-43(82)76(52(39)91)22-7-5-4-6-21-75-41(80)16-17-42(75)81)48(87)70-30(2)44(83)69-31(3)46(85)72-35(53(92)93)14-10-20-66-56(62)63/h16-17,29-39,78H,4-15,18-28,57H2,1-3H3,(H,67,88)(H,68,79)(H,69,83)(H,70,87)(H,71,86)(H,72,85)(H,73,84)(H,92,93)(H4,58,59,64)(H4,60,61,65)(H4,62,63,66)/t29-,30+,31-,32+,33+,34-,35-,36-,37-,38-,39?/m0/s1. The van der Waals surface area contributed by atoms with E-state index >= 15 is 0 Å². The second-order valence-electron chi connectivity index (χ2n) is 23.0. The molecule has 1 unspecified atom stereocenters. The fourth-order valence-electron chi connectivity index (χ4n) is 10.4. The molecule has 0 aliphatic carbocycles. The van der Waals surface area contributed by atoms with Gasteiger partial charge in [-0.3, -0.25) is 87.1 Å². The first-order valence-corrected chi connectivity index (χ1v) is 32.0. The molecule has 4 rings (SSSR count). The molecule has 37 nitrogen and oxygen atoms in total. The third-order valence-corrected chi connectivity index (χ3v) is 16.8. The summed E-state index contributed by atoms with van der Waals surface area (Å²) >= 11 is 0.856. The van der Waals surface area contributed by atoms with Gasteiger partial charge in [-0.1, -0.05) is 12.8 Å². The van der Waals surface area contributed by atoms with Crippen LogP contribution in [0.1, 0.15) is 111 Å². The monoisotopic (exact) mass is 1350 g/mol. The highest BCUT2D eigenvalue weighted by molar-refractivity contribution is 8.00. The molecule has 3 saturated heterocycles. The summed E-state index contributed by atoms with van der Waals surface area (Å²) in [5.74, 6) is -11.6. The van der Waals surface area contributed by atoms with Crippen molar-refractivity contribution in [1.29, 1.82) is 0 Å². The van der Waals surface area contributed by atoms with Crippen molar-refractivity contribution in [3.05, 3.63) is 12.2 Å². The highest BCUT2D eigenvalue weighted by atomic mass is 32.2. The molecule has 0 saturated carbocycles. The highest BCUT2D eigenvalue weighted by Crippen LogP contribution is 2.28. The van der Waals surface area contributed by atoms with Gasteiger partial charge in [0.25, 0.3) is 11.8 Å². The number of nitrogens with one attached hydrogen (secondary N) is 7. The average molecular weight is 1350 g/mol. The van der Waals surface area contributed by atoms with Crippen molar-refractivity contribution in [3.8, 4) is 0 Å². The van der Waals surface area contributed by atoms with Gasteiger partial charge in [-0.05, 0) is 85.0 Å². The van der Waals surface area contributed by atoms with Crippen LogP contribution >= 0.6 is 11.8 Å². The predicted molar refractivity (Wildman–Crippen MR) is 340 cm³/mol. The second kappa shape index (κ2) is 38.1. The number of hydrogen-bond donors (Lipinski definition) is 16. The summed E-state index contributed by atoms with van der Waals surface area (Å²) < 4.78 is 0. The van der Waals surface area contributed by atoms with Gasteiger partial charge in [-0.15, -0.1) is 11.8 Å². The molecule has 4 aliphatic rings. The Balaban J connectivity index is 1.40. The summed E-state index contributed by atoms with van der Waals surface area (Å²) in [6, 6.07) is -11.8. The molecule has 0 aromatic rings. The average Bonchev–Trinajstić information content (AvgIpc) is 1.62. The van der Waals surface area contributed by atoms with E-state index in [1.54, 1.807) is 0 Å². The molecule has 13 amide bonds. The Morgan fingerprint density at radius 3 is 1.67 bits per heavy atom. The summed E-state index contributed by atoms with van der Waals surface area (Å²) in [5.41, 5.74) is 38.5. The first kappa shape index (κ1) is 77.2. The van der Waals surface area contributed by atoms with Crippen molar-refractivity contribution in [2.45, 2.75) is 176 Å². The Labute approximate surface area is 546 Å². The van der Waals surface area contributed by atoms with Crippen molar-refractivity contribution in [2.24, 2.45) is 55.1 Å². The summed E-state index contributed by atoms with van der Waals surface area (Å²) in [4.78, 5) is 202. The first-order chi connectivity index (χ1) is 44.4. The number of aliphatic carboxylic acids is 1. The number of unbranched alkanes of at least 4 members (excludes halogenated alkanes) is 3. The SMILES string of the molecule is C[C@H](NC(=O)CNC(=O)[C@@H]1C[C@@H](O)CN1C(=O)[C@@H]1CCCN1C(=O)[C@H](CCCN=C(N)N)NC(=O)[C@H](N)CCCN=C(N)N)C(=O)N[C@@H](CSC1CC(=O)N(CCCCCCN2C(=O)C=CC2=O)C1=O)C(=O)N[C@H](C)C(=O)N[C@@H](C)C(=O)N[C@@H](CCCN=C(N)N)C(=O)O.